The highest BCUT2D eigenvalue weighted by Crippen LogP contribution is 2.60. The largest absolute Gasteiger partial charge is 0.508 e. The second-order valence-electron chi connectivity index (χ2n) is 7.59. The van der Waals surface area contributed by atoms with E-state index in [0.717, 1.165) is 32.1 Å². The quantitative estimate of drug-likeness (QED) is 0.687. The van der Waals surface area contributed by atoms with Crippen LogP contribution < -0.4 is 0 Å². The van der Waals surface area contributed by atoms with Gasteiger partial charge in [-0.15, -0.1) is 0 Å². The van der Waals surface area contributed by atoms with Crippen molar-refractivity contribution < 1.29 is 15.3 Å². The first kappa shape index (κ1) is 13.6. The van der Waals surface area contributed by atoms with E-state index in [9.17, 15) is 15.3 Å². The van der Waals surface area contributed by atoms with Crippen LogP contribution in [0.25, 0.3) is 0 Å². The molecule has 0 aromatic heterocycles. The maximum absolute atomic E-state index is 10.4. The molecular weight excluding hydrogens is 264 g/mol. The summed E-state index contributed by atoms with van der Waals surface area (Å²) >= 11 is 0. The molecule has 0 bridgehead atoms. The van der Waals surface area contributed by atoms with Crippen LogP contribution in [0.15, 0.2) is 18.2 Å². The molecule has 4 rings (SSSR count). The highest BCUT2D eigenvalue weighted by molar-refractivity contribution is 5.40. The number of benzene rings is 1. The van der Waals surface area contributed by atoms with E-state index >= 15 is 0 Å². The summed E-state index contributed by atoms with van der Waals surface area (Å²) in [5, 5.41) is 30.2. The van der Waals surface area contributed by atoms with Crippen molar-refractivity contribution in [2.45, 2.75) is 57.2 Å². The predicted octanol–water partition coefficient (Wildman–Crippen LogP) is 2.58. The minimum absolute atomic E-state index is 0.116. The van der Waals surface area contributed by atoms with E-state index < -0.39 is 12.2 Å². The molecule has 0 aliphatic heterocycles. The molecule has 0 radical (unpaired) electrons. The summed E-state index contributed by atoms with van der Waals surface area (Å²) in [6, 6.07) is 5.80. The summed E-state index contributed by atoms with van der Waals surface area (Å²) in [5.74, 6) is 1.88. The highest BCUT2D eigenvalue weighted by Gasteiger charge is 2.57. The van der Waals surface area contributed by atoms with Crippen LogP contribution >= 0.6 is 0 Å². The lowest BCUT2D eigenvalue weighted by Gasteiger charge is -2.49. The van der Waals surface area contributed by atoms with Crippen LogP contribution in [0.4, 0.5) is 0 Å². The molecule has 2 fully saturated rings. The summed E-state index contributed by atoms with van der Waals surface area (Å²) in [4.78, 5) is 0. The lowest BCUT2D eigenvalue weighted by Crippen LogP contribution is -2.44. The minimum Gasteiger partial charge on any atom is -0.508 e. The Bertz CT molecular complexity index is 570. The van der Waals surface area contributed by atoms with Gasteiger partial charge in [0.1, 0.15) is 5.75 Å². The third-order valence-corrected chi connectivity index (χ3v) is 6.68. The van der Waals surface area contributed by atoms with Crippen LogP contribution in [-0.2, 0) is 6.42 Å². The molecule has 6 atom stereocenters. The van der Waals surface area contributed by atoms with Gasteiger partial charge in [0.05, 0.1) is 12.2 Å². The molecule has 1 aromatic rings. The van der Waals surface area contributed by atoms with E-state index in [1.807, 2.05) is 6.07 Å². The van der Waals surface area contributed by atoms with Crippen LogP contribution in [0.1, 0.15) is 49.7 Å². The molecule has 0 saturated heterocycles. The zero-order valence-electron chi connectivity index (χ0n) is 12.5. The van der Waals surface area contributed by atoms with Gasteiger partial charge >= 0.3 is 0 Å². The van der Waals surface area contributed by atoms with Crippen molar-refractivity contribution in [1.29, 1.82) is 0 Å². The SMILES string of the molecule is C[C@]12CC[C@@H]3c4ccc(O)cc4CC[C@@H]3[C@H]1C[C@H](O)[C@H]2O. The number of phenolic OH excluding ortho intramolecular Hbond substituents is 1. The molecule has 0 amide bonds. The summed E-state index contributed by atoms with van der Waals surface area (Å²) in [5.41, 5.74) is 2.57. The highest BCUT2D eigenvalue weighted by atomic mass is 16.3. The molecule has 1 aromatic carbocycles. The first-order chi connectivity index (χ1) is 10.0. The van der Waals surface area contributed by atoms with Crippen LogP contribution in [-0.4, -0.2) is 27.5 Å². The zero-order chi connectivity index (χ0) is 14.8. The summed E-state index contributed by atoms with van der Waals surface area (Å²) in [6.45, 7) is 2.17. The molecule has 3 nitrogen and oxygen atoms in total. The fraction of sp³-hybridized carbons (Fsp3) is 0.667. The van der Waals surface area contributed by atoms with E-state index in [2.05, 4.69) is 13.0 Å². The first-order valence-corrected chi connectivity index (χ1v) is 8.18. The zero-order valence-corrected chi connectivity index (χ0v) is 12.5. The van der Waals surface area contributed by atoms with Gasteiger partial charge in [-0.25, -0.2) is 0 Å². The summed E-state index contributed by atoms with van der Waals surface area (Å²) in [7, 11) is 0. The number of hydrogen-bond acceptors (Lipinski definition) is 3. The number of aliphatic hydroxyl groups excluding tert-OH is 2. The third kappa shape index (κ3) is 1.80. The Balaban J connectivity index is 1.71. The van der Waals surface area contributed by atoms with Gasteiger partial charge in [0.15, 0.2) is 0 Å². The number of hydrogen-bond donors (Lipinski definition) is 3. The van der Waals surface area contributed by atoms with Gasteiger partial charge in [-0.05, 0) is 78.5 Å². The maximum Gasteiger partial charge on any atom is 0.115 e. The van der Waals surface area contributed by atoms with Gasteiger partial charge in [-0.2, -0.15) is 0 Å². The minimum atomic E-state index is -0.565. The smallest absolute Gasteiger partial charge is 0.115 e. The molecule has 3 heteroatoms. The Labute approximate surface area is 125 Å². The van der Waals surface area contributed by atoms with Crippen LogP contribution in [0, 0.1) is 17.3 Å². The molecule has 0 spiro atoms. The molecule has 21 heavy (non-hydrogen) atoms. The van der Waals surface area contributed by atoms with Gasteiger partial charge in [-0.3, -0.25) is 0 Å². The lowest BCUT2D eigenvalue weighted by atomic mass is 9.55. The Morgan fingerprint density at radius 1 is 1.19 bits per heavy atom. The van der Waals surface area contributed by atoms with Gasteiger partial charge in [0, 0.05) is 0 Å². The second kappa shape index (κ2) is 4.47. The molecule has 3 aliphatic carbocycles. The maximum atomic E-state index is 10.4. The van der Waals surface area contributed by atoms with Crippen molar-refractivity contribution in [2.75, 3.05) is 0 Å². The molecule has 3 N–H and O–H groups in total. The molecule has 0 unspecified atom stereocenters. The van der Waals surface area contributed by atoms with Crippen molar-refractivity contribution in [2.24, 2.45) is 17.3 Å². The van der Waals surface area contributed by atoms with Gasteiger partial charge in [-0.1, -0.05) is 13.0 Å². The molecular formula is C18H24O3. The van der Waals surface area contributed by atoms with Crippen molar-refractivity contribution in [3.05, 3.63) is 29.3 Å². The van der Waals surface area contributed by atoms with Crippen LogP contribution in [0.5, 0.6) is 5.75 Å². The Hall–Kier alpha value is -1.06. The molecule has 0 heterocycles. The van der Waals surface area contributed by atoms with Crippen molar-refractivity contribution in [3.63, 3.8) is 0 Å². The molecule has 114 valence electrons. The predicted molar refractivity (Wildman–Crippen MR) is 80.1 cm³/mol. The number of aryl methyl sites for hydroxylation is 1. The van der Waals surface area contributed by atoms with Gasteiger partial charge < -0.3 is 15.3 Å². The van der Waals surface area contributed by atoms with Gasteiger partial charge in [0.25, 0.3) is 0 Å². The van der Waals surface area contributed by atoms with Crippen molar-refractivity contribution in [1.82, 2.24) is 0 Å². The topological polar surface area (TPSA) is 60.7 Å². The van der Waals surface area contributed by atoms with E-state index in [1.54, 1.807) is 6.07 Å². The van der Waals surface area contributed by atoms with E-state index in [4.69, 9.17) is 0 Å². The summed E-state index contributed by atoms with van der Waals surface area (Å²) in [6.07, 6.45) is 3.80. The Morgan fingerprint density at radius 2 is 2.00 bits per heavy atom. The standard InChI is InChI=1S/C18H24O3/c1-18-7-6-13-12-5-3-11(19)8-10(12)2-4-14(13)15(18)9-16(20)17(18)21/h3,5,8,13-17,19-21H,2,4,6-7,9H2,1H3/t13-,14+,15-,16+,17-,18+/m1/s1. The Morgan fingerprint density at radius 3 is 2.81 bits per heavy atom. The number of phenols is 1. The van der Waals surface area contributed by atoms with Crippen LogP contribution in [0.3, 0.4) is 0 Å². The Kier molecular flexibility index (Phi) is 2.89. The lowest BCUT2D eigenvalue weighted by molar-refractivity contribution is -0.0505. The number of rotatable bonds is 0. The van der Waals surface area contributed by atoms with E-state index in [1.165, 1.54) is 11.1 Å². The normalized spacial score (nSPS) is 44.8. The number of aliphatic hydroxyl groups is 2. The van der Waals surface area contributed by atoms with Crippen molar-refractivity contribution in [3.8, 4) is 5.75 Å². The fourth-order valence-electron chi connectivity index (χ4n) is 5.56. The fourth-order valence-corrected chi connectivity index (χ4v) is 5.56. The number of fused-ring (bicyclic) bond motifs is 5. The van der Waals surface area contributed by atoms with E-state index in [-0.39, 0.29) is 5.41 Å². The van der Waals surface area contributed by atoms with E-state index in [0.29, 0.717) is 23.5 Å². The molecule has 3 aliphatic rings. The van der Waals surface area contributed by atoms with Crippen LogP contribution in [0.2, 0.25) is 0 Å². The second-order valence-corrected chi connectivity index (χ2v) is 7.59. The first-order valence-electron chi connectivity index (χ1n) is 8.18. The monoisotopic (exact) mass is 288 g/mol. The summed E-state index contributed by atoms with van der Waals surface area (Å²) < 4.78 is 0. The van der Waals surface area contributed by atoms with Crippen molar-refractivity contribution >= 4 is 0 Å². The number of aromatic hydroxyl groups is 1. The third-order valence-electron chi connectivity index (χ3n) is 6.68. The molecule has 2 saturated carbocycles. The average molecular weight is 288 g/mol. The van der Waals surface area contributed by atoms with Gasteiger partial charge in [0.2, 0.25) is 0 Å². The average Bonchev–Trinajstić information content (AvgIpc) is 2.70.